The molecule has 0 saturated heterocycles. The van der Waals surface area contributed by atoms with Crippen molar-refractivity contribution in [1.82, 2.24) is 5.32 Å². The molecule has 5 heteroatoms. The molecule has 1 atom stereocenters. The number of thioether (sulfide) groups is 1. The molecule has 1 unspecified atom stereocenters. The maximum Gasteiger partial charge on any atom is 0.230 e. The second-order valence-corrected chi connectivity index (χ2v) is 5.65. The lowest BCUT2D eigenvalue weighted by atomic mass is 10.1. The van der Waals surface area contributed by atoms with Crippen LogP contribution in [0.25, 0.3) is 0 Å². The Morgan fingerprint density at radius 1 is 1.59 bits per heavy atom. The quantitative estimate of drug-likeness (QED) is 0.846. The molecule has 0 aliphatic rings. The summed E-state index contributed by atoms with van der Waals surface area (Å²) in [6.07, 6.45) is 0. The van der Waals surface area contributed by atoms with Crippen molar-refractivity contribution < 1.29 is 4.79 Å². The Morgan fingerprint density at radius 2 is 2.35 bits per heavy atom. The van der Waals surface area contributed by atoms with Crippen molar-refractivity contribution in [3.63, 3.8) is 0 Å². The highest BCUT2D eigenvalue weighted by Gasteiger charge is 2.12. The lowest BCUT2D eigenvalue weighted by molar-refractivity contribution is -0.118. The second kappa shape index (κ2) is 7.74. The van der Waals surface area contributed by atoms with Crippen LogP contribution < -0.4 is 11.1 Å². The van der Waals surface area contributed by atoms with E-state index in [1.54, 1.807) is 11.8 Å². The Balaban J connectivity index is 2.57. The van der Waals surface area contributed by atoms with E-state index in [0.29, 0.717) is 18.8 Å². The van der Waals surface area contributed by atoms with Gasteiger partial charge in [0.2, 0.25) is 5.91 Å². The number of amides is 1. The highest BCUT2D eigenvalue weighted by molar-refractivity contribution is 9.10. The largest absolute Gasteiger partial charge is 0.356 e. The lowest BCUT2D eigenvalue weighted by Crippen LogP contribution is -2.25. The molecule has 1 aromatic rings. The number of nitrogens with two attached hydrogens (primary N) is 1. The maximum absolute atomic E-state index is 11.4. The van der Waals surface area contributed by atoms with Gasteiger partial charge < -0.3 is 11.1 Å². The number of benzene rings is 1. The summed E-state index contributed by atoms with van der Waals surface area (Å²) in [5, 5.41) is 2.94. The molecule has 0 spiro atoms. The Morgan fingerprint density at radius 3 is 2.94 bits per heavy atom. The summed E-state index contributed by atoms with van der Waals surface area (Å²) in [5.41, 5.74) is 6.90. The Labute approximate surface area is 115 Å². The molecule has 0 fully saturated rings. The van der Waals surface area contributed by atoms with Gasteiger partial charge in [-0.25, -0.2) is 0 Å². The first kappa shape index (κ1) is 14.5. The Hall–Kier alpha value is -0.520. The van der Waals surface area contributed by atoms with E-state index in [1.807, 2.05) is 31.2 Å². The number of rotatable bonds is 6. The van der Waals surface area contributed by atoms with Gasteiger partial charge in [-0.15, -0.1) is 11.8 Å². The van der Waals surface area contributed by atoms with Crippen LogP contribution in [-0.4, -0.2) is 24.7 Å². The van der Waals surface area contributed by atoms with Crippen molar-refractivity contribution in [1.29, 1.82) is 0 Å². The number of hydrogen-bond donors (Lipinski definition) is 2. The lowest BCUT2D eigenvalue weighted by Gasteiger charge is -2.14. The third kappa shape index (κ3) is 5.10. The molecule has 1 amide bonds. The molecular weight excluding hydrogens is 300 g/mol. The van der Waals surface area contributed by atoms with E-state index in [0.717, 1.165) is 10.0 Å². The summed E-state index contributed by atoms with van der Waals surface area (Å²) in [6.45, 7) is 3.11. The smallest absolute Gasteiger partial charge is 0.230 e. The molecule has 1 rings (SSSR count). The van der Waals surface area contributed by atoms with Gasteiger partial charge in [-0.1, -0.05) is 28.1 Å². The van der Waals surface area contributed by atoms with Gasteiger partial charge in [-0.3, -0.25) is 4.79 Å². The number of hydrogen-bond acceptors (Lipinski definition) is 3. The molecule has 0 heterocycles. The number of carbonyl (C=O) groups excluding carboxylic acids is 1. The van der Waals surface area contributed by atoms with E-state index in [4.69, 9.17) is 5.73 Å². The Kier molecular flexibility index (Phi) is 6.62. The zero-order chi connectivity index (χ0) is 12.7. The van der Waals surface area contributed by atoms with Crippen LogP contribution in [0.4, 0.5) is 0 Å². The third-order valence-electron chi connectivity index (χ3n) is 2.22. The van der Waals surface area contributed by atoms with Crippen molar-refractivity contribution in [2.75, 3.05) is 18.8 Å². The van der Waals surface area contributed by atoms with E-state index < -0.39 is 0 Å². The van der Waals surface area contributed by atoms with Gasteiger partial charge in [-0.2, -0.15) is 0 Å². The number of nitrogens with one attached hydrogen (secondary N) is 1. The van der Waals surface area contributed by atoms with Crippen LogP contribution in [0.15, 0.2) is 28.7 Å². The van der Waals surface area contributed by atoms with Gasteiger partial charge in [0, 0.05) is 22.8 Å². The van der Waals surface area contributed by atoms with Crippen LogP contribution in [0.5, 0.6) is 0 Å². The number of halogens is 1. The van der Waals surface area contributed by atoms with E-state index in [1.165, 1.54) is 0 Å². The van der Waals surface area contributed by atoms with Crippen molar-refractivity contribution in [2.24, 2.45) is 5.73 Å². The zero-order valence-electron chi connectivity index (χ0n) is 9.78. The minimum atomic E-state index is 0.0611. The molecule has 0 bridgehead atoms. The highest BCUT2D eigenvalue weighted by Crippen LogP contribution is 2.29. The topological polar surface area (TPSA) is 55.1 Å². The van der Waals surface area contributed by atoms with Gasteiger partial charge in [0.05, 0.1) is 5.75 Å². The fourth-order valence-corrected chi connectivity index (χ4v) is 2.78. The van der Waals surface area contributed by atoms with Crippen LogP contribution in [-0.2, 0) is 4.79 Å². The van der Waals surface area contributed by atoms with Crippen LogP contribution in [0, 0.1) is 0 Å². The first-order chi connectivity index (χ1) is 8.17. The number of carbonyl (C=O) groups is 1. The standard InChI is InChI=1S/C12H17BrN2OS/c1-2-15-12(16)8-17-11(7-14)9-4-3-5-10(13)6-9/h3-6,11H,2,7-8,14H2,1H3,(H,15,16). The average Bonchev–Trinajstić information content (AvgIpc) is 2.30. The van der Waals surface area contributed by atoms with E-state index in [-0.39, 0.29) is 11.2 Å². The van der Waals surface area contributed by atoms with Crippen molar-refractivity contribution >= 4 is 33.6 Å². The molecule has 0 aliphatic heterocycles. The first-order valence-corrected chi connectivity index (χ1v) is 7.35. The predicted molar refractivity (Wildman–Crippen MR) is 77.1 cm³/mol. The van der Waals surface area contributed by atoms with Crippen LogP contribution in [0.1, 0.15) is 17.7 Å². The zero-order valence-corrected chi connectivity index (χ0v) is 12.2. The Bertz CT molecular complexity index is 373. The maximum atomic E-state index is 11.4. The first-order valence-electron chi connectivity index (χ1n) is 5.51. The fraction of sp³-hybridized carbons (Fsp3) is 0.417. The molecule has 0 radical (unpaired) electrons. The summed E-state index contributed by atoms with van der Waals surface area (Å²) in [4.78, 5) is 11.4. The van der Waals surface area contributed by atoms with Crippen LogP contribution >= 0.6 is 27.7 Å². The molecular formula is C12H17BrN2OS. The highest BCUT2D eigenvalue weighted by atomic mass is 79.9. The second-order valence-electron chi connectivity index (χ2n) is 3.54. The summed E-state index contributed by atoms with van der Waals surface area (Å²) in [7, 11) is 0. The molecule has 0 saturated carbocycles. The monoisotopic (exact) mass is 316 g/mol. The van der Waals surface area contributed by atoms with Crippen molar-refractivity contribution in [2.45, 2.75) is 12.2 Å². The SMILES string of the molecule is CCNC(=O)CSC(CN)c1cccc(Br)c1. The molecule has 94 valence electrons. The van der Waals surface area contributed by atoms with E-state index >= 15 is 0 Å². The third-order valence-corrected chi connectivity index (χ3v) is 4.01. The molecule has 1 aromatic carbocycles. The van der Waals surface area contributed by atoms with Crippen LogP contribution in [0.2, 0.25) is 0 Å². The van der Waals surface area contributed by atoms with Gasteiger partial charge >= 0.3 is 0 Å². The van der Waals surface area contributed by atoms with Gasteiger partial charge in [0.25, 0.3) is 0 Å². The molecule has 0 aromatic heterocycles. The molecule has 0 aliphatic carbocycles. The van der Waals surface area contributed by atoms with E-state index in [9.17, 15) is 4.79 Å². The van der Waals surface area contributed by atoms with Crippen LogP contribution in [0.3, 0.4) is 0 Å². The van der Waals surface area contributed by atoms with Gasteiger partial charge in [0.15, 0.2) is 0 Å². The summed E-state index contributed by atoms with van der Waals surface area (Å²) in [5.74, 6) is 0.508. The summed E-state index contributed by atoms with van der Waals surface area (Å²) >= 11 is 5.01. The van der Waals surface area contributed by atoms with Gasteiger partial charge in [-0.05, 0) is 24.6 Å². The molecule has 3 N–H and O–H groups in total. The van der Waals surface area contributed by atoms with Crippen molar-refractivity contribution in [3.05, 3.63) is 34.3 Å². The minimum Gasteiger partial charge on any atom is -0.356 e. The van der Waals surface area contributed by atoms with E-state index in [2.05, 4.69) is 21.2 Å². The molecule has 17 heavy (non-hydrogen) atoms. The minimum absolute atomic E-state index is 0.0611. The molecule has 3 nitrogen and oxygen atoms in total. The summed E-state index contributed by atoms with van der Waals surface area (Å²) < 4.78 is 1.03. The predicted octanol–water partition coefficient (Wildman–Crippen LogP) is 2.32. The van der Waals surface area contributed by atoms with Gasteiger partial charge in [0.1, 0.15) is 0 Å². The van der Waals surface area contributed by atoms with Crippen molar-refractivity contribution in [3.8, 4) is 0 Å². The normalized spacial score (nSPS) is 12.2. The fourth-order valence-electron chi connectivity index (χ4n) is 1.43. The summed E-state index contributed by atoms with van der Waals surface area (Å²) in [6, 6.07) is 8.04. The average molecular weight is 317 g/mol.